The fourth-order valence-electron chi connectivity index (χ4n) is 1.68. The Morgan fingerprint density at radius 1 is 1.00 bits per heavy atom. The van der Waals surface area contributed by atoms with Crippen molar-refractivity contribution in [2.45, 2.75) is 5.33 Å². The second kappa shape index (κ2) is 4.58. The first-order valence-corrected chi connectivity index (χ1v) is 5.93. The molecule has 80 valence electrons. The highest BCUT2D eigenvalue weighted by Gasteiger charge is 2.04. The Balaban J connectivity index is 2.72. The van der Waals surface area contributed by atoms with E-state index in [9.17, 15) is 9.59 Å². The van der Waals surface area contributed by atoms with Gasteiger partial charge in [0.15, 0.2) is 0 Å². The van der Waals surface area contributed by atoms with Gasteiger partial charge in [0.1, 0.15) is 12.6 Å². The van der Waals surface area contributed by atoms with E-state index in [4.69, 9.17) is 0 Å². The Morgan fingerprint density at radius 2 is 1.81 bits per heavy atom. The molecule has 3 heteroatoms. The van der Waals surface area contributed by atoms with Crippen LogP contribution in [-0.4, -0.2) is 12.6 Å². The average molecular weight is 277 g/mol. The number of hydrogen-bond acceptors (Lipinski definition) is 2. The average Bonchev–Trinajstić information content (AvgIpc) is 2.36. The fraction of sp³-hybridized carbons (Fsp3) is 0.0769. The summed E-state index contributed by atoms with van der Waals surface area (Å²) in [5.74, 6) is 0. The maximum atomic E-state index is 10.9. The number of alkyl halides is 1. The van der Waals surface area contributed by atoms with E-state index in [-0.39, 0.29) is 0 Å². The number of benzene rings is 2. The molecule has 16 heavy (non-hydrogen) atoms. The SMILES string of the molecule is O=Cc1ccc2cc(C=O)c(CBr)cc2c1. The highest BCUT2D eigenvalue weighted by Crippen LogP contribution is 2.22. The first kappa shape index (κ1) is 11.0. The van der Waals surface area contributed by atoms with Crippen LogP contribution in [-0.2, 0) is 5.33 Å². The van der Waals surface area contributed by atoms with Gasteiger partial charge in [-0.05, 0) is 34.5 Å². The molecule has 2 rings (SSSR count). The van der Waals surface area contributed by atoms with Crippen LogP contribution in [0.4, 0.5) is 0 Å². The van der Waals surface area contributed by atoms with E-state index < -0.39 is 0 Å². The number of aldehydes is 2. The van der Waals surface area contributed by atoms with Crippen LogP contribution in [0.15, 0.2) is 30.3 Å². The van der Waals surface area contributed by atoms with Gasteiger partial charge in [0.25, 0.3) is 0 Å². The maximum absolute atomic E-state index is 10.9. The number of hydrogen-bond donors (Lipinski definition) is 0. The summed E-state index contributed by atoms with van der Waals surface area (Å²) in [5, 5.41) is 2.57. The van der Waals surface area contributed by atoms with Gasteiger partial charge in [0, 0.05) is 16.5 Å². The first-order chi connectivity index (χ1) is 7.78. The molecule has 0 heterocycles. The van der Waals surface area contributed by atoms with Gasteiger partial charge in [-0.3, -0.25) is 9.59 Å². The monoisotopic (exact) mass is 276 g/mol. The predicted octanol–water partition coefficient (Wildman–Crippen LogP) is 3.36. The first-order valence-electron chi connectivity index (χ1n) is 4.81. The number of carbonyl (C=O) groups excluding carboxylic acids is 2. The summed E-state index contributed by atoms with van der Waals surface area (Å²) in [7, 11) is 0. The van der Waals surface area contributed by atoms with Gasteiger partial charge >= 0.3 is 0 Å². The lowest BCUT2D eigenvalue weighted by atomic mass is 10.0. The Kier molecular flexibility index (Phi) is 3.15. The molecule has 0 aliphatic heterocycles. The molecule has 0 radical (unpaired) electrons. The zero-order chi connectivity index (χ0) is 11.5. The lowest BCUT2D eigenvalue weighted by Gasteiger charge is -2.05. The van der Waals surface area contributed by atoms with Gasteiger partial charge in [-0.15, -0.1) is 0 Å². The third-order valence-corrected chi connectivity index (χ3v) is 3.13. The Labute approximate surface area is 101 Å². The van der Waals surface area contributed by atoms with E-state index >= 15 is 0 Å². The second-order valence-electron chi connectivity index (χ2n) is 3.53. The minimum atomic E-state index is 0.627. The maximum Gasteiger partial charge on any atom is 0.150 e. The second-order valence-corrected chi connectivity index (χ2v) is 4.09. The van der Waals surface area contributed by atoms with E-state index in [1.165, 1.54) is 0 Å². The zero-order valence-corrected chi connectivity index (χ0v) is 10.0. The molecule has 2 nitrogen and oxygen atoms in total. The molecule has 0 aromatic heterocycles. The van der Waals surface area contributed by atoms with Crippen LogP contribution in [0.1, 0.15) is 26.3 Å². The molecule has 0 bridgehead atoms. The number of fused-ring (bicyclic) bond motifs is 1. The molecule has 0 fully saturated rings. The summed E-state index contributed by atoms with van der Waals surface area (Å²) < 4.78 is 0. The Hall–Kier alpha value is -1.48. The van der Waals surface area contributed by atoms with Crippen LogP contribution >= 0.6 is 15.9 Å². The molecule has 0 unspecified atom stereocenters. The molecular formula is C13H9BrO2. The summed E-state index contributed by atoms with van der Waals surface area (Å²) in [6.07, 6.45) is 1.67. The highest BCUT2D eigenvalue weighted by molar-refractivity contribution is 9.08. The number of carbonyl (C=O) groups is 2. The quantitative estimate of drug-likeness (QED) is 0.636. The van der Waals surface area contributed by atoms with Crippen molar-refractivity contribution < 1.29 is 9.59 Å². The smallest absolute Gasteiger partial charge is 0.150 e. The minimum absolute atomic E-state index is 0.627. The van der Waals surface area contributed by atoms with Crippen molar-refractivity contribution in [3.63, 3.8) is 0 Å². The fourth-order valence-corrected chi connectivity index (χ4v) is 2.17. The van der Waals surface area contributed by atoms with E-state index in [1.54, 1.807) is 6.07 Å². The van der Waals surface area contributed by atoms with Crippen molar-refractivity contribution in [1.82, 2.24) is 0 Å². The summed E-state index contributed by atoms with van der Waals surface area (Å²) in [5.41, 5.74) is 2.26. The third-order valence-electron chi connectivity index (χ3n) is 2.53. The summed E-state index contributed by atoms with van der Waals surface area (Å²) >= 11 is 3.34. The number of rotatable bonds is 3. The van der Waals surface area contributed by atoms with Crippen molar-refractivity contribution in [3.05, 3.63) is 47.0 Å². The van der Waals surface area contributed by atoms with Crippen LogP contribution < -0.4 is 0 Å². The van der Waals surface area contributed by atoms with Crippen molar-refractivity contribution in [2.75, 3.05) is 0 Å². The lowest BCUT2D eigenvalue weighted by molar-refractivity contribution is 0.111. The molecule has 0 saturated carbocycles. The van der Waals surface area contributed by atoms with Gasteiger partial charge in [-0.25, -0.2) is 0 Å². The normalized spacial score (nSPS) is 10.3. The molecule has 0 atom stereocenters. The van der Waals surface area contributed by atoms with Crippen molar-refractivity contribution in [2.24, 2.45) is 0 Å². The van der Waals surface area contributed by atoms with E-state index in [0.717, 1.165) is 28.9 Å². The van der Waals surface area contributed by atoms with Gasteiger partial charge in [0.2, 0.25) is 0 Å². The molecule has 0 aliphatic rings. The van der Waals surface area contributed by atoms with Crippen molar-refractivity contribution >= 4 is 39.3 Å². The molecule has 0 spiro atoms. The molecule has 0 saturated heterocycles. The van der Waals surface area contributed by atoms with Gasteiger partial charge in [-0.1, -0.05) is 28.1 Å². The van der Waals surface area contributed by atoms with Crippen LogP contribution in [0.2, 0.25) is 0 Å². The minimum Gasteiger partial charge on any atom is -0.298 e. The van der Waals surface area contributed by atoms with Crippen LogP contribution in [0, 0.1) is 0 Å². The largest absolute Gasteiger partial charge is 0.298 e. The molecular weight excluding hydrogens is 268 g/mol. The Bertz CT molecular complexity index is 561. The Morgan fingerprint density at radius 3 is 2.44 bits per heavy atom. The van der Waals surface area contributed by atoms with Crippen molar-refractivity contribution in [3.8, 4) is 0 Å². The van der Waals surface area contributed by atoms with E-state index in [0.29, 0.717) is 16.5 Å². The molecule has 2 aromatic rings. The summed E-state index contributed by atoms with van der Waals surface area (Å²) in [6, 6.07) is 9.19. The molecule has 0 N–H and O–H groups in total. The van der Waals surface area contributed by atoms with Crippen molar-refractivity contribution in [1.29, 1.82) is 0 Å². The third kappa shape index (κ3) is 1.91. The van der Waals surface area contributed by atoms with Crippen LogP contribution in [0.3, 0.4) is 0 Å². The van der Waals surface area contributed by atoms with Crippen LogP contribution in [0.25, 0.3) is 10.8 Å². The lowest BCUT2D eigenvalue weighted by Crippen LogP contribution is -1.90. The molecule has 2 aromatic carbocycles. The van der Waals surface area contributed by atoms with Gasteiger partial charge in [0.05, 0.1) is 0 Å². The molecule has 0 aliphatic carbocycles. The zero-order valence-electron chi connectivity index (χ0n) is 8.44. The summed E-state index contributed by atoms with van der Waals surface area (Å²) in [6.45, 7) is 0. The van der Waals surface area contributed by atoms with Gasteiger partial charge < -0.3 is 0 Å². The number of halogens is 1. The predicted molar refractivity (Wildman–Crippen MR) is 67.4 cm³/mol. The van der Waals surface area contributed by atoms with Crippen LogP contribution in [0.5, 0.6) is 0 Å². The molecule has 0 amide bonds. The summed E-state index contributed by atoms with van der Waals surface area (Å²) in [4.78, 5) is 21.5. The highest BCUT2D eigenvalue weighted by atomic mass is 79.9. The topological polar surface area (TPSA) is 34.1 Å². The van der Waals surface area contributed by atoms with E-state index in [2.05, 4.69) is 15.9 Å². The standard InChI is InChI=1S/C13H9BrO2/c14-6-12-5-11-3-9(7-15)1-2-10(11)4-13(12)8-16/h1-5,7-8H,6H2. The van der Waals surface area contributed by atoms with E-state index in [1.807, 2.05) is 24.3 Å². The van der Waals surface area contributed by atoms with Gasteiger partial charge in [-0.2, -0.15) is 0 Å².